The molecule has 0 fully saturated rings. The van der Waals surface area contributed by atoms with Crippen LogP contribution in [0.1, 0.15) is 19.4 Å². The number of thiophene rings is 1. The lowest BCUT2D eigenvalue weighted by Gasteiger charge is -2.14. The van der Waals surface area contributed by atoms with Crippen LogP contribution in [0.15, 0.2) is 40.0 Å². The molecule has 1 aromatic carbocycles. The number of anilines is 1. The average Bonchev–Trinajstić information content (AvgIpc) is 3.07. The van der Waals surface area contributed by atoms with Gasteiger partial charge >= 0.3 is 0 Å². The van der Waals surface area contributed by atoms with Gasteiger partial charge in [0.1, 0.15) is 0 Å². The number of nitrogens with zero attached hydrogens (tertiary/aromatic N) is 1. The van der Waals surface area contributed by atoms with E-state index in [1.165, 1.54) is 5.56 Å². The first-order chi connectivity index (χ1) is 11.3. The van der Waals surface area contributed by atoms with Gasteiger partial charge in [-0.1, -0.05) is 0 Å². The molecule has 1 aromatic heterocycles. The number of hydrogen-bond acceptors (Lipinski definition) is 4. The lowest BCUT2D eigenvalue weighted by molar-refractivity contribution is 0.311. The van der Waals surface area contributed by atoms with Crippen LogP contribution in [0.3, 0.4) is 0 Å². The van der Waals surface area contributed by atoms with Crippen molar-refractivity contribution >= 4 is 47.0 Å². The number of aliphatic imine (C=N–C) groups is 1. The zero-order valence-corrected chi connectivity index (χ0v) is 17.3. The second-order valence-electron chi connectivity index (χ2n) is 4.75. The topological polar surface area (TPSA) is 54.9 Å². The van der Waals surface area contributed by atoms with E-state index in [9.17, 15) is 0 Å². The van der Waals surface area contributed by atoms with Crippen molar-refractivity contribution in [2.75, 3.05) is 25.6 Å². The van der Waals surface area contributed by atoms with E-state index in [1.807, 2.05) is 32.0 Å². The molecule has 0 saturated carbocycles. The van der Waals surface area contributed by atoms with E-state index >= 15 is 0 Å². The van der Waals surface area contributed by atoms with Crippen LogP contribution in [0, 0.1) is 0 Å². The van der Waals surface area contributed by atoms with Crippen molar-refractivity contribution in [3.63, 3.8) is 0 Å². The second kappa shape index (κ2) is 11.1. The van der Waals surface area contributed by atoms with Gasteiger partial charge in [0.2, 0.25) is 0 Å². The van der Waals surface area contributed by atoms with Crippen LogP contribution >= 0.6 is 35.3 Å². The Morgan fingerprint density at radius 3 is 2.67 bits per heavy atom. The minimum atomic E-state index is 0. The third-order valence-corrected chi connectivity index (χ3v) is 3.80. The summed E-state index contributed by atoms with van der Waals surface area (Å²) < 4.78 is 10.9. The summed E-state index contributed by atoms with van der Waals surface area (Å²) >= 11 is 1.68. The predicted molar refractivity (Wildman–Crippen MR) is 112 cm³/mol. The molecule has 2 rings (SSSR count). The molecule has 0 aliphatic heterocycles. The fourth-order valence-electron chi connectivity index (χ4n) is 2.02. The number of nitrogens with one attached hydrogen (secondary N) is 2. The summed E-state index contributed by atoms with van der Waals surface area (Å²) in [6.07, 6.45) is 0. The van der Waals surface area contributed by atoms with E-state index in [0.717, 1.165) is 23.9 Å². The SMILES string of the molecule is CCNC(=NCc1ccsc1)Nc1ccc(OC)c(OCC)c1.I. The number of rotatable bonds is 7. The van der Waals surface area contributed by atoms with Gasteiger partial charge in [-0.25, -0.2) is 4.99 Å². The molecule has 0 bridgehead atoms. The first-order valence-corrected chi connectivity index (χ1v) is 8.58. The maximum atomic E-state index is 5.61. The van der Waals surface area contributed by atoms with Gasteiger partial charge in [-0.15, -0.1) is 24.0 Å². The molecule has 7 heteroatoms. The van der Waals surface area contributed by atoms with E-state index in [2.05, 4.69) is 32.5 Å². The Hall–Kier alpha value is -1.48. The Kier molecular flexibility index (Phi) is 9.55. The number of hydrogen-bond donors (Lipinski definition) is 2. The smallest absolute Gasteiger partial charge is 0.196 e. The molecule has 0 radical (unpaired) electrons. The molecule has 0 amide bonds. The first kappa shape index (κ1) is 20.6. The minimum Gasteiger partial charge on any atom is -0.493 e. The van der Waals surface area contributed by atoms with Gasteiger partial charge in [-0.05, 0) is 48.4 Å². The summed E-state index contributed by atoms with van der Waals surface area (Å²) in [5.74, 6) is 2.18. The van der Waals surface area contributed by atoms with Gasteiger partial charge in [0.05, 0.1) is 20.3 Å². The Morgan fingerprint density at radius 2 is 2.04 bits per heavy atom. The lowest BCUT2D eigenvalue weighted by atomic mass is 10.2. The van der Waals surface area contributed by atoms with Crippen LogP contribution in [0.2, 0.25) is 0 Å². The van der Waals surface area contributed by atoms with Crippen molar-refractivity contribution in [2.24, 2.45) is 4.99 Å². The largest absolute Gasteiger partial charge is 0.493 e. The summed E-state index contributed by atoms with van der Waals surface area (Å²) in [7, 11) is 1.64. The summed E-state index contributed by atoms with van der Waals surface area (Å²) in [5.41, 5.74) is 2.11. The monoisotopic (exact) mass is 461 g/mol. The van der Waals surface area contributed by atoms with Gasteiger partial charge in [0, 0.05) is 18.3 Å². The molecule has 0 atom stereocenters. The molecular formula is C17H24IN3O2S. The molecule has 2 aromatic rings. The molecule has 5 nitrogen and oxygen atoms in total. The average molecular weight is 461 g/mol. The molecule has 132 valence electrons. The Bertz CT molecular complexity index is 633. The highest BCUT2D eigenvalue weighted by molar-refractivity contribution is 14.0. The van der Waals surface area contributed by atoms with E-state index in [-0.39, 0.29) is 24.0 Å². The molecular weight excluding hydrogens is 437 g/mol. The number of benzene rings is 1. The van der Waals surface area contributed by atoms with Gasteiger partial charge in [0.15, 0.2) is 17.5 Å². The quantitative estimate of drug-likeness (QED) is 0.366. The van der Waals surface area contributed by atoms with Crippen molar-refractivity contribution in [3.8, 4) is 11.5 Å². The molecule has 0 aliphatic carbocycles. The van der Waals surface area contributed by atoms with E-state index in [1.54, 1.807) is 18.4 Å². The van der Waals surface area contributed by atoms with Crippen LogP contribution in [0.25, 0.3) is 0 Å². The van der Waals surface area contributed by atoms with Crippen LogP contribution in [-0.4, -0.2) is 26.2 Å². The fraction of sp³-hybridized carbons (Fsp3) is 0.353. The third-order valence-electron chi connectivity index (χ3n) is 3.07. The van der Waals surface area contributed by atoms with Crippen molar-refractivity contribution in [3.05, 3.63) is 40.6 Å². The van der Waals surface area contributed by atoms with Crippen molar-refractivity contribution in [2.45, 2.75) is 20.4 Å². The van der Waals surface area contributed by atoms with Crippen LogP contribution < -0.4 is 20.1 Å². The van der Waals surface area contributed by atoms with E-state index in [4.69, 9.17) is 9.47 Å². The lowest BCUT2D eigenvalue weighted by Crippen LogP contribution is -2.30. The third kappa shape index (κ3) is 6.20. The molecule has 1 heterocycles. The fourth-order valence-corrected chi connectivity index (χ4v) is 2.68. The first-order valence-electron chi connectivity index (χ1n) is 7.64. The molecule has 0 aliphatic rings. The van der Waals surface area contributed by atoms with Crippen molar-refractivity contribution < 1.29 is 9.47 Å². The van der Waals surface area contributed by atoms with E-state index < -0.39 is 0 Å². The Morgan fingerprint density at radius 1 is 1.21 bits per heavy atom. The number of guanidine groups is 1. The number of methoxy groups -OCH3 is 1. The van der Waals surface area contributed by atoms with Gasteiger partial charge in [-0.2, -0.15) is 11.3 Å². The molecule has 0 unspecified atom stereocenters. The molecule has 24 heavy (non-hydrogen) atoms. The van der Waals surface area contributed by atoms with Gasteiger partial charge in [-0.3, -0.25) is 0 Å². The zero-order chi connectivity index (χ0) is 16.5. The second-order valence-corrected chi connectivity index (χ2v) is 5.53. The van der Waals surface area contributed by atoms with Crippen LogP contribution in [0.5, 0.6) is 11.5 Å². The summed E-state index contributed by atoms with van der Waals surface area (Å²) in [6, 6.07) is 7.83. The van der Waals surface area contributed by atoms with Crippen molar-refractivity contribution in [1.29, 1.82) is 0 Å². The Balaban J connectivity index is 0.00000288. The zero-order valence-electron chi connectivity index (χ0n) is 14.2. The summed E-state index contributed by atoms with van der Waals surface area (Å²) in [5, 5.41) is 10.7. The van der Waals surface area contributed by atoms with Crippen molar-refractivity contribution in [1.82, 2.24) is 5.32 Å². The van der Waals surface area contributed by atoms with E-state index in [0.29, 0.717) is 18.9 Å². The highest BCUT2D eigenvalue weighted by atomic mass is 127. The molecule has 0 saturated heterocycles. The number of halogens is 1. The standard InChI is InChI=1S/C17H23N3O2S.HI/c1-4-18-17(19-11-13-8-9-23-12-13)20-14-6-7-15(21-3)16(10-14)22-5-2;/h6-10,12H,4-5,11H2,1-3H3,(H2,18,19,20);1H. The highest BCUT2D eigenvalue weighted by Gasteiger charge is 2.07. The Labute approximate surface area is 164 Å². The maximum Gasteiger partial charge on any atom is 0.196 e. The normalized spacial score (nSPS) is 10.7. The molecule has 2 N–H and O–H groups in total. The van der Waals surface area contributed by atoms with Crippen LogP contribution in [-0.2, 0) is 6.54 Å². The summed E-state index contributed by atoms with van der Waals surface area (Å²) in [6.45, 7) is 6.02. The van der Waals surface area contributed by atoms with Crippen LogP contribution in [0.4, 0.5) is 5.69 Å². The van der Waals surface area contributed by atoms with Gasteiger partial charge in [0.25, 0.3) is 0 Å². The number of ether oxygens (including phenoxy) is 2. The highest BCUT2D eigenvalue weighted by Crippen LogP contribution is 2.30. The molecule has 0 spiro atoms. The minimum absolute atomic E-state index is 0. The summed E-state index contributed by atoms with van der Waals surface area (Å²) in [4.78, 5) is 4.60. The maximum absolute atomic E-state index is 5.61. The predicted octanol–water partition coefficient (Wildman–Crippen LogP) is 4.35. The van der Waals surface area contributed by atoms with Gasteiger partial charge < -0.3 is 20.1 Å².